The maximum absolute atomic E-state index is 11.9. The lowest BCUT2D eigenvalue weighted by molar-refractivity contribution is 0.431. The summed E-state index contributed by atoms with van der Waals surface area (Å²) in [6, 6.07) is 11.5. The molecule has 0 atom stereocenters. The van der Waals surface area contributed by atoms with Gasteiger partial charge >= 0.3 is 0 Å². The maximum atomic E-state index is 11.9. The van der Waals surface area contributed by atoms with Gasteiger partial charge < -0.3 is 9.84 Å². The van der Waals surface area contributed by atoms with Gasteiger partial charge in [-0.25, -0.2) is 0 Å². The first-order chi connectivity index (χ1) is 11.9. The number of ether oxygens (including phenoxy) is 1. The molecule has 0 aliphatic carbocycles. The summed E-state index contributed by atoms with van der Waals surface area (Å²) in [5.74, 6) is 0.311. The molecule has 0 saturated carbocycles. The van der Waals surface area contributed by atoms with Crippen molar-refractivity contribution in [2.45, 2.75) is 50.3 Å². The predicted molar refractivity (Wildman–Crippen MR) is 96.9 cm³/mol. The molecule has 2 rings (SSSR count). The quantitative estimate of drug-likeness (QED) is 0.486. The first-order valence-electron chi connectivity index (χ1n) is 8.48. The van der Waals surface area contributed by atoms with Crippen LogP contribution in [0.4, 0.5) is 0 Å². The number of benzene rings is 2. The van der Waals surface area contributed by atoms with E-state index in [0.29, 0.717) is 12.2 Å². The van der Waals surface area contributed by atoms with Crippen molar-refractivity contribution in [3.8, 4) is 17.2 Å². The maximum Gasteiger partial charge on any atom is 0.298 e. The molecular weight excluding hydrogens is 340 g/mol. The van der Waals surface area contributed by atoms with Crippen LogP contribution in [0.5, 0.6) is 17.2 Å². The minimum atomic E-state index is -4.54. The molecule has 5 nitrogen and oxygen atoms in total. The van der Waals surface area contributed by atoms with Gasteiger partial charge in [-0.2, -0.15) is 8.42 Å². The largest absolute Gasteiger partial charge is 0.508 e. The molecule has 0 amide bonds. The highest BCUT2D eigenvalue weighted by Crippen LogP contribution is 2.37. The molecule has 0 heterocycles. The molecule has 0 unspecified atom stereocenters. The molecule has 0 aliphatic heterocycles. The molecule has 0 aromatic heterocycles. The molecule has 6 heteroatoms. The molecule has 2 N–H and O–H groups in total. The Labute approximate surface area is 149 Å². The second-order valence-electron chi connectivity index (χ2n) is 5.94. The van der Waals surface area contributed by atoms with Gasteiger partial charge in [0.1, 0.15) is 22.1 Å². The van der Waals surface area contributed by atoms with Crippen LogP contribution in [0.2, 0.25) is 0 Å². The standard InChI is InChI=1S/C19H24O5S/c1-2-3-4-5-9-12-16-17(20)13-14-18(19(16)25(21,22)23)24-15-10-7-6-8-11-15/h6-8,10-11,13-14,20H,2-5,9,12H2,1H3,(H,21,22,23). The minimum Gasteiger partial charge on any atom is -0.508 e. The summed E-state index contributed by atoms with van der Waals surface area (Å²) in [6.07, 6.45) is 5.30. The molecular formula is C19H24O5S. The lowest BCUT2D eigenvalue weighted by Gasteiger charge is -2.15. The highest BCUT2D eigenvalue weighted by atomic mass is 32.2. The average molecular weight is 364 g/mol. The van der Waals surface area contributed by atoms with Crippen molar-refractivity contribution >= 4 is 10.1 Å². The molecule has 0 fully saturated rings. The first kappa shape index (κ1) is 19.3. The van der Waals surface area contributed by atoms with Gasteiger partial charge in [0.2, 0.25) is 0 Å². The van der Waals surface area contributed by atoms with Crippen LogP contribution in [0, 0.1) is 0 Å². The van der Waals surface area contributed by atoms with Crippen molar-refractivity contribution in [1.82, 2.24) is 0 Å². The van der Waals surface area contributed by atoms with Crippen LogP contribution in [-0.2, 0) is 16.5 Å². The lowest BCUT2D eigenvalue weighted by Crippen LogP contribution is -2.06. The Balaban J connectivity index is 2.32. The Morgan fingerprint density at radius 2 is 1.64 bits per heavy atom. The molecule has 25 heavy (non-hydrogen) atoms. The van der Waals surface area contributed by atoms with Crippen molar-refractivity contribution in [3.63, 3.8) is 0 Å². The Morgan fingerprint density at radius 1 is 0.960 bits per heavy atom. The fraction of sp³-hybridized carbons (Fsp3) is 0.368. The van der Waals surface area contributed by atoms with Crippen molar-refractivity contribution < 1.29 is 22.8 Å². The summed E-state index contributed by atoms with van der Waals surface area (Å²) < 4.78 is 39.1. The zero-order chi connectivity index (χ0) is 18.3. The predicted octanol–water partition coefficient (Wildman–Crippen LogP) is 4.94. The van der Waals surface area contributed by atoms with Crippen molar-refractivity contribution in [1.29, 1.82) is 0 Å². The van der Waals surface area contributed by atoms with E-state index in [1.807, 2.05) is 6.07 Å². The summed E-state index contributed by atoms with van der Waals surface area (Å²) in [5.41, 5.74) is 0.201. The summed E-state index contributed by atoms with van der Waals surface area (Å²) in [7, 11) is -4.54. The third kappa shape index (κ3) is 5.47. The number of hydrogen-bond acceptors (Lipinski definition) is 4. The summed E-state index contributed by atoms with van der Waals surface area (Å²) >= 11 is 0. The van der Waals surface area contributed by atoms with Gasteiger partial charge in [-0.15, -0.1) is 0 Å². The number of para-hydroxylation sites is 1. The molecule has 0 spiro atoms. The molecule has 2 aromatic rings. The minimum absolute atomic E-state index is 0.00931. The van der Waals surface area contributed by atoms with Gasteiger partial charge in [0.05, 0.1) is 0 Å². The molecule has 0 bridgehead atoms. The number of rotatable bonds is 9. The summed E-state index contributed by atoms with van der Waals surface area (Å²) in [6.45, 7) is 2.12. The highest BCUT2D eigenvalue weighted by Gasteiger charge is 2.24. The Kier molecular flexibility index (Phi) is 6.84. The van der Waals surface area contributed by atoms with Crippen molar-refractivity contribution in [2.75, 3.05) is 0 Å². The van der Waals surface area contributed by atoms with Crippen LogP contribution in [0.1, 0.15) is 44.6 Å². The number of phenols is 1. The van der Waals surface area contributed by atoms with E-state index in [4.69, 9.17) is 4.74 Å². The van der Waals surface area contributed by atoms with E-state index in [1.165, 1.54) is 12.1 Å². The molecule has 2 aromatic carbocycles. The van der Waals surface area contributed by atoms with Crippen LogP contribution >= 0.6 is 0 Å². The van der Waals surface area contributed by atoms with Crippen molar-refractivity contribution in [3.05, 3.63) is 48.0 Å². The van der Waals surface area contributed by atoms with Crippen LogP contribution in [0.25, 0.3) is 0 Å². The van der Waals surface area contributed by atoms with Gasteiger partial charge in [-0.3, -0.25) is 4.55 Å². The van der Waals surface area contributed by atoms with Crippen LogP contribution in [-0.4, -0.2) is 18.1 Å². The van der Waals surface area contributed by atoms with E-state index in [1.54, 1.807) is 24.3 Å². The second-order valence-corrected chi connectivity index (χ2v) is 7.30. The van der Waals surface area contributed by atoms with Crippen LogP contribution < -0.4 is 4.74 Å². The molecule has 136 valence electrons. The van der Waals surface area contributed by atoms with E-state index in [2.05, 4.69) is 6.92 Å². The van der Waals surface area contributed by atoms with Crippen LogP contribution in [0.15, 0.2) is 47.4 Å². The Morgan fingerprint density at radius 3 is 2.28 bits per heavy atom. The molecule has 0 aliphatic rings. The fourth-order valence-electron chi connectivity index (χ4n) is 2.72. The van der Waals surface area contributed by atoms with Gasteiger partial charge in [-0.1, -0.05) is 50.8 Å². The fourth-order valence-corrected chi connectivity index (χ4v) is 3.60. The monoisotopic (exact) mass is 364 g/mol. The SMILES string of the molecule is CCCCCCCc1c(O)ccc(Oc2ccccc2)c1S(=O)(=O)O. The lowest BCUT2D eigenvalue weighted by atomic mass is 10.0. The van der Waals surface area contributed by atoms with Crippen molar-refractivity contribution in [2.24, 2.45) is 0 Å². The summed E-state index contributed by atoms with van der Waals surface area (Å²) in [5, 5.41) is 10.1. The zero-order valence-electron chi connectivity index (χ0n) is 14.3. The first-order valence-corrected chi connectivity index (χ1v) is 9.92. The van der Waals surface area contributed by atoms with Crippen LogP contribution in [0.3, 0.4) is 0 Å². The number of hydrogen-bond donors (Lipinski definition) is 2. The molecule has 0 saturated heterocycles. The van der Waals surface area contributed by atoms with Gasteiger partial charge in [0, 0.05) is 5.56 Å². The average Bonchev–Trinajstić information content (AvgIpc) is 2.57. The summed E-state index contributed by atoms with van der Waals surface area (Å²) in [4.78, 5) is -0.355. The number of phenolic OH excluding ortho intramolecular Hbond substituents is 1. The third-order valence-corrected chi connectivity index (χ3v) is 4.92. The number of aromatic hydroxyl groups is 1. The van der Waals surface area contributed by atoms with Gasteiger partial charge in [0.25, 0.3) is 10.1 Å². The van der Waals surface area contributed by atoms with E-state index in [9.17, 15) is 18.1 Å². The van der Waals surface area contributed by atoms with Gasteiger partial charge in [-0.05, 0) is 37.1 Å². The highest BCUT2D eigenvalue weighted by molar-refractivity contribution is 7.86. The smallest absolute Gasteiger partial charge is 0.298 e. The Hall–Kier alpha value is -2.05. The Bertz CT molecular complexity index is 785. The third-order valence-electron chi connectivity index (χ3n) is 3.96. The second kappa shape index (κ2) is 8.87. The van der Waals surface area contributed by atoms with E-state index >= 15 is 0 Å². The van der Waals surface area contributed by atoms with E-state index < -0.39 is 10.1 Å². The van der Waals surface area contributed by atoms with E-state index in [-0.39, 0.29) is 22.0 Å². The normalized spacial score (nSPS) is 11.4. The number of unbranched alkanes of at least 4 members (excludes halogenated alkanes) is 4. The van der Waals surface area contributed by atoms with Gasteiger partial charge in [0.15, 0.2) is 0 Å². The topological polar surface area (TPSA) is 83.8 Å². The van der Waals surface area contributed by atoms with E-state index in [0.717, 1.165) is 32.1 Å². The zero-order valence-corrected chi connectivity index (χ0v) is 15.1. The molecule has 0 radical (unpaired) electrons.